The normalized spacial score (nSPS) is 14.5. The minimum atomic E-state index is -4.71. The lowest BCUT2D eigenvalue weighted by molar-refractivity contribution is -0.148. The lowest BCUT2D eigenvalue weighted by Crippen LogP contribution is -2.42. The van der Waals surface area contributed by atoms with Gasteiger partial charge in [0.05, 0.1) is 25.0 Å². The number of aromatic nitrogens is 3. The number of rotatable bonds is 6. The Morgan fingerprint density at radius 2 is 1.86 bits per heavy atom. The van der Waals surface area contributed by atoms with Crippen molar-refractivity contribution in [3.8, 4) is 17.1 Å². The van der Waals surface area contributed by atoms with Gasteiger partial charge in [0.15, 0.2) is 11.6 Å². The number of carbonyl (C=O) groups excluding carboxylic acids is 1. The maximum atomic E-state index is 13.9. The van der Waals surface area contributed by atoms with Crippen LogP contribution in [0.4, 0.5) is 26.3 Å². The Hall–Kier alpha value is -3.61. The van der Waals surface area contributed by atoms with Crippen molar-refractivity contribution < 1.29 is 35.9 Å². The fourth-order valence-corrected chi connectivity index (χ4v) is 4.10. The smallest absolute Gasteiger partial charge is 0.449 e. The fourth-order valence-electron chi connectivity index (χ4n) is 4.10. The highest BCUT2D eigenvalue weighted by Crippen LogP contribution is 2.36. The zero-order valence-corrected chi connectivity index (χ0v) is 19.0. The van der Waals surface area contributed by atoms with Crippen molar-refractivity contribution in [1.29, 1.82) is 0 Å². The number of methoxy groups -OCH3 is 1. The number of hydrogen-bond donors (Lipinski definition) is 1. The zero-order chi connectivity index (χ0) is 26.2. The van der Waals surface area contributed by atoms with Gasteiger partial charge >= 0.3 is 6.18 Å². The molecule has 2 aromatic heterocycles. The number of nitrogens with two attached hydrogens (primary N) is 1. The molecule has 1 aliphatic heterocycles. The first kappa shape index (κ1) is 25.5. The topological polar surface area (TPSA) is 86.3 Å². The van der Waals surface area contributed by atoms with E-state index < -0.39 is 41.4 Å². The van der Waals surface area contributed by atoms with Crippen LogP contribution in [0.5, 0.6) is 5.88 Å². The van der Waals surface area contributed by atoms with Gasteiger partial charge < -0.3 is 19.9 Å². The Kier molecular flexibility index (Phi) is 6.94. The minimum absolute atomic E-state index is 0.0299. The number of nitrogens with zero attached hydrogens (tertiary/aromatic N) is 4. The quantitative estimate of drug-likeness (QED) is 0.402. The molecule has 0 spiro atoms. The van der Waals surface area contributed by atoms with Crippen molar-refractivity contribution in [3.05, 3.63) is 65.0 Å². The molecule has 0 saturated heterocycles. The first-order valence-corrected chi connectivity index (χ1v) is 10.8. The second-order valence-electron chi connectivity index (χ2n) is 8.31. The maximum Gasteiger partial charge on any atom is 0.449 e. The standard InChI is InChI=1S/C23H21F6N5O2/c1-36-19-3-2-12(10-31-19)21-18-11-33(4-5-34(18)22(32-21)23(27,28)29)20(35)8-14(30)6-13-7-16(25)17(26)9-15(13)24/h2-3,7,9-10,14H,4-6,8,11,30H2,1H3/t14-/m1/s1. The van der Waals surface area contributed by atoms with Crippen LogP contribution < -0.4 is 10.5 Å². The molecule has 0 unspecified atom stereocenters. The van der Waals surface area contributed by atoms with Crippen LogP contribution in [0.1, 0.15) is 23.5 Å². The lowest BCUT2D eigenvalue weighted by atomic mass is 10.0. The summed E-state index contributed by atoms with van der Waals surface area (Å²) in [5.41, 5.74) is 6.29. The van der Waals surface area contributed by atoms with E-state index in [-0.39, 0.29) is 55.3 Å². The molecule has 1 amide bonds. The van der Waals surface area contributed by atoms with E-state index in [1.54, 1.807) is 0 Å². The largest absolute Gasteiger partial charge is 0.481 e. The van der Waals surface area contributed by atoms with E-state index in [4.69, 9.17) is 10.5 Å². The number of pyridine rings is 1. The minimum Gasteiger partial charge on any atom is -0.481 e. The van der Waals surface area contributed by atoms with Crippen LogP contribution in [0.3, 0.4) is 0 Å². The molecular formula is C23H21F6N5O2. The number of imidazole rings is 1. The van der Waals surface area contributed by atoms with Gasteiger partial charge in [-0.25, -0.2) is 23.1 Å². The van der Waals surface area contributed by atoms with E-state index in [2.05, 4.69) is 9.97 Å². The molecule has 7 nitrogen and oxygen atoms in total. The zero-order valence-electron chi connectivity index (χ0n) is 19.0. The maximum absolute atomic E-state index is 13.9. The van der Waals surface area contributed by atoms with Gasteiger partial charge in [-0.05, 0) is 24.1 Å². The molecule has 1 aromatic carbocycles. The molecule has 1 aliphatic rings. The third-order valence-electron chi connectivity index (χ3n) is 5.84. The molecule has 1 atom stereocenters. The van der Waals surface area contributed by atoms with E-state index in [1.807, 2.05) is 0 Å². The third-order valence-corrected chi connectivity index (χ3v) is 5.84. The summed E-state index contributed by atoms with van der Waals surface area (Å²) in [6, 6.07) is 3.15. The van der Waals surface area contributed by atoms with Gasteiger partial charge in [-0.2, -0.15) is 13.2 Å². The van der Waals surface area contributed by atoms with E-state index in [0.29, 0.717) is 17.7 Å². The van der Waals surface area contributed by atoms with Crippen LogP contribution in [-0.4, -0.2) is 45.0 Å². The first-order chi connectivity index (χ1) is 17.0. The van der Waals surface area contributed by atoms with Gasteiger partial charge in [0.25, 0.3) is 0 Å². The summed E-state index contributed by atoms with van der Waals surface area (Å²) in [6.45, 7) is -0.354. The van der Waals surface area contributed by atoms with Crippen molar-refractivity contribution >= 4 is 5.91 Å². The highest BCUT2D eigenvalue weighted by atomic mass is 19.4. The van der Waals surface area contributed by atoms with Gasteiger partial charge in [-0.15, -0.1) is 0 Å². The van der Waals surface area contributed by atoms with E-state index in [0.717, 1.165) is 4.57 Å². The first-order valence-electron chi connectivity index (χ1n) is 10.8. The number of benzene rings is 1. The second kappa shape index (κ2) is 9.80. The van der Waals surface area contributed by atoms with Crippen LogP contribution in [0.15, 0.2) is 30.5 Å². The van der Waals surface area contributed by atoms with Crippen molar-refractivity contribution in [2.24, 2.45) is 5.73 Å². The molecule has 3 aromatic rings. The Morgan fingerprint density at radius 1 is 1.14 bits per heavy atom. The summed E-state index contributed by atoms with van der Waals surface area (Å²) in [6.07, 6.45) is -3.90. The van der Waals surface area contributed by atoms with E-state index in [9.17, 15) is 31.1 Å². The molecule has 3 heterocycles. The third kappa shape index (κ3) is 5.15. The van der Waals surface area contributed by atoms with Crippen LogP contribution in [0.2, 0.25) is 0 Å². The molecular weight excluding hydrogens is 492 g/mol. The molecule has 36 heavy (non-hydrogen) atoms. The monoisotopic (exact) mass is 513 g/mol. The SMILES string of the molecule is COc1ccc(-c2nc(C(F)(F)F)n3c2CN(C(=O)C[C@H](N)Cc2cc(F)c(F)cc2F)CC3)cn1. The average molecular weight is 513 g/mol. The fraction of sp³-hybridized carbons (Fsp3) is 0.348. The molecule has 0 saturated carbocycles. The molecule has 0 fully saturated rings. The number of carbonyl (C=O) groups is 1. The highest BCUT2D eigenvalue weighted by Gasteiger charge is 2.41. The Balaban J connectivity index is 1.54. The van der Waals surface area contributed by atoms with Gasteiger partial charge in [-0.1, -0.05) is 0 Å². The molecule has 0 radical (unpaired) electrons. The average Bonchev–Trinajstić information content (AvgIpc) is 3.22. The highest BCUT2D eigenvalue weighted by molar-refractivity contribution is 5.77. The number of amides is 1. The molecule has 2 N–H and O–H groups in total. The molecule has 0 bridgehead atoms. The molecule has 13 heteroatoms. The number of fused-ring (bicyclic) bond motifs is 1. The van der Waals surface area contributed by atoms with Gasteiger partial charge in [0, 0.05) is 49.4 Å². The summed E-state index contributed by atoms with van der Waals surface area (Å²) in [5, 5.41) is 0. The Bertz CT molecular complexity index is 1280. The number of ether oxygens (including phenoxy) is 1. The van der Waals surface area contributed by atoms with Gasteiger partial charge in [-0.3, -0.25) is 4.79 Å². The molecule has 0 aliphatic carbocycles. The van der Waals surface area contributed by atoms with Crippen molar-refractivity contribution in [1.82, 2.24) is 19.4 Å². The number of hydrogen-bond acceptors (Lipinski definition) is 5. The van der Waals surface area contributed by atoms with Crippen molar-refractivity contribution in [3.63, 3.8) is 0 Å². The Morgan fingerprint density at radius 3 is 2.50 bits per heavy atom. The van der Waals surface area contributed by atoms with Crippen LogP contribution in [0, 0.1) is 17.5 Å². The summed E-state index contributed by atoms with van der Waals surface area (Å²) >= 11 is 0. The second-order valence-corrected chi connectivity index (χ2v) is 8.31. The van der Waals surface area contributed by atoms with Crippen LogP contribution >= 0.6 is 0 Å². The van der Waals surface area contributed by atoms with Crippen LogP contribution in [0.25, 0.3) is 11.3 Å². The molecule has 4 rings (SSSR count). The van der Waals surface area contributed by atoms with Crippen molar-refractivity contribution in [2.75, 3.05) is 13.7 Å². The predicted molar refractivity (Wildman–Crippen MR) is 115 cm³/mol. The van der Waals surface area contributed by atoms with Crippen molar-refractivity contribution in [2.45, 2.75) is 38.1 Å². The predicted octanol–water partition coefficient (Wildman–Crippen LogP) is 3.69. The van der Waals surface area contributed by atoms with Gasteiger partial charge in [0.1, 0.15) is 5.82 Å². The summed E-state index contributed by atoms with van der Waals surface area (Å²) in [5.74, 6) is -4.87. The van der Waals surface area contributed by atoms with Gasteiger partial charge in [0.2, 0.25) is 17.6 Å². The van der Waals surface area contributed by atoms with Crippen LogP contribution in [-0.2, 0) is 30.5 Å². The number of alkyl halides is 3. The van der Waals surface area contributed by atoms with E-state index >= 15 is 0 Å². The number of halogens is 6. The summed E-state index contributed by atoms with van der Waals surface area (Å²) in [7, 11) is 1.40. The summed E-state index contributed by atoms with van der Waals surface area (Å²) < 4.78 is 87.5. The van der Waals surface area contributed by atoms with E-state index in [1.165, 1.54) is 30.3 Å². The Labute approximate surface area is 201 Å². The lowest BCUT2D eigenvalue weighted by Gasteiger charge is -2.30. The molecule has 192 valence electrons. The summed E-state index contributed by atoms with van der Waals surface area (Å²) in [4.78, 5) is 22.0.